The summed E-state index contributed by atoms with van der Waals surface area (Å²) in [6, 6.07) is 15.2. The molecule has 168 valence electrons. The van der Waals surface area contributed by atoms with Crippen molar-refractivity contribution in [3.8, 4) is 0 Å². The fourth-order valence-corrected chi connectivity index (χ4v) is 4.13. The molecule has 2 aliphatic heterocycles. The molecule has 2 aromatic rings. The topological polar surface area (TPSA) is 53.1 Å². The molecule has 0 saturated carbocycles. The molecular weight excluding hydrogens is 409 g/mol. The Hall–Kier alpha value is -3.19. The standard InChI is InChI=1S/C25H28FN3O3/c1-25(2,3)32-24(31)28-16-15-27(17-28)21-13-14-29(20-7-5-4-6-8-20)23(30)22(21)18-9-11-19(26)12-10-18/h4-14,21-22H,15-17H2,1-3H3. The first-order valence-electron chi connectivity index (χ1n) is 10.8. The van der Waals surface area contributed by atoms with Crippen molar-refractivity contribution in [2.24, 2.45) is 0 Å². The molecule has 2 aliphatic rings. The van der Waals surface area contributed by atoms with Crippen molar-refractivity contribution in [3.05, 3.63) is 78.3 Å². The summed E-state index contributed by atoms with van der Waals surface area (Å²) in [6.45, 7) is 7.01. The zero-order valence-corrected chi connectivity index (χ0v) is 18.6. The lowest BCUT2D eigenvalue weighted by atomic mass is 9.87. The molecule has 7 heteroatoms. The number of hydrogen-bond acceptors (Lipinski definition) is 4. The van der Waals surface area contributed by atoms with Gasteiger partial charge in [-0.1, -0.05) is 30.3 Å². The Morgan fingerprint density at radius 3 is 2.38 bits per heavy atom. The van der Waals surface area contributed by atoms with Crippen LogP contribution in [-0.4, -0.2) is 53.2 Å². The third-order valence-electron chi connectivity index (χ3n) is 5.62. The molecule has 0 bridgehead atoms. The van der Waals surface area contributed by atoms with Crippen LogP contribution in [0.25, 0.3) is 0 Å². The minimum absolute atomic E-state index is 0.0916. The monoisotopic (exact) mass is 437 g/mol. The highest BCUT2D eigenvalue weighted by atomic mass is 19.1. The first kappa shape index (κ1) is 22.0. The molecule has 2 unspecified atom stereocenters. The van der Waals surface area contributed by atoms with Gasteiger partial charge in [0, 0.05) is 31.0 Å². The first-order valence-corrected chi connectivity index (χ1v) is 10.8. The van der Waals surface area contributed by atoms with Crippen molar-refractivity contribution >= 4 is 17.7 Å². The summed E-state index contributed by atoms with van der Waals surface area (Å²) in [5.74, 6) is -0.966. The highest BCUT2D eigenvalue weighted by Crippen LogP contribution is 2.34. The average Bonchev–Trinajstić information content (AvgIpc) is 3.24. The van der Waals surface area contributed by atoms with Crippen LogP contribution in [0, 0.1) is 5.82 Å². The summed E-state index contributed by atoms with van der Waals surface area (Å²) in [4.78, 5) is 31.5. The van der Waals surface area contributed by atoms with Crippen molar-refractivity contribution < 1.29 is 18.7 Å². The van der Waals surface area contributed by atoms with Crippen LogP contribution in [0.2, 0.25) is 0 Å². The van der Waals surface area contributed by atoms with Crippen LogP contribution < -0.4 is 4.90 Å². The summed E-state index contributed by atoms with van der Waals surface area (Å²) < 4.78 is 19.1. The van der Waals surface area contributed by atoms with Crippen LogP contribution in [0.1, 0.15) is 32.3 Å². The SMILES string of the molecule is CC(C)(C)OC(=O)N1CCN(C2C=CN(c3ccccc3)C(=O)C2c2ccc(F)cc2)C1. The number of hydrogen-bond donors (Lipinski definition) is 0. The van der Waals surface area contributed by atoms with E-state index >= 15 is 0 Å². The normalized spacial score (nSPS) is 21.8. The maximum absolute atomic E-state index is 13.6. The zero-order chi connectivity index (χ0) is 22.9. The number of halogens is 1. The fourth-order valence-electron chi connectivity index (χ4n) is 4.13. The van der Waals surface area contributed by atoms with Gasteiger partial charge in [0.05, 0.1) is 12.6 Å². The number of carbonyl (C=O) groups excluding carboxylic acids is 2. The lowest BCUT2D eigenvalue weighted by Crippen LogP contribution is -2.48. The number of anilines is 1. The Labute approximate surface area is 187 Å². The molecule has 0 aliphatic carbocycles. The van der Waals surface area contributed by atoms with Gasteiger partial charge in [0.25, 0.3) is 0 Å². The van der Waals surface area contributed by atoms with Gasteiger partial charge < -0.3 is 4.74 Å². The largest absolute Gasteiger partial charge is 0.444 e. The van der Waals surface area contributed by atoms with Crippen LogP contribution in [0.5, 0.6) is 0 Å². The average molecular weight is 438 g/mol. The van der Waals surface area contributed by atoms with Gasteiger partial charge in [0.2, 0.25) is 5.91 Å². The number of benzene rings is 2. The molecule has 32 heavy (non-hydrogen) atoms. The quantitative estimate of drug-likeness (QED) is 0.717. The van der Waals surface area contributed by atoms with Crippen LogP contribution >= 0.6 is 0 Å². The Bertz CT molecular complexity index is 1000. The minimum atomic E-state index is -0.571. The molecule has 4 rings (SSSR count). The number of ether oxygens (including phenoxy) is 1. The molecule has 6 nitrogen and oxygen atoms in total. The lowest BCUT2D eigenvalue weighted by molar-refractivity contribution is -0.121. The van der Waals surface area contributed by atoms with Crippen molar-refractivity contribution in [2.75, 3.05) is 24.7 Å². The second kappa shape index (κ2) is 8.74. The van der Waals surface area contributed by atoms with Crippen LogP contribution in [-0.2, 0) is 9.53 Å². The molecule has 2 heterocycles. The van der Waals surface area contributed by atoms with E-state index in [0.717, 1.165) is 11.3 Å². The maximum Gasteiger partial charge on any atom is 0.411 e. The molecule has 1 fully saturated rings. The van der Waals surface area contributed by atoms with Gasteiger partial charge in [-0.2, -0.15) is 0 Å². The molecule has 0 spiro atoms. The number of amides is 2. The van der Waals surface area contributed by atoms with Crippen molar-refractivity contribution in [1.29, 1.82) is 0 Å². The van der Waals surface area contributed by atoms with E-state index in [1.54, 1.807) is 28.1 Å². The molecule has 2 aromatic carbocycles. The molecule has 0 aromatic heterocycles. The number of carbonyl (C=O) groups is 2. The predicted molar refractivity (Wildman–Crippen MR) is 121 cm³/mol. The number of nitrogens with zero attached hydrogens (tertiary/aromatic N) is 3. The molecular formula is C25H28FN3O3. The molecule has 0 N–H and O–H groups in total. The van der Waals surface area contributed by atoms with E-state index in [1.807, 2.05) is 57.2 Å². The van der Waals surface area contributed by atoms with Crippen LogP contribution in [0.3, 0.4) is 0 Å². The van der Waals surface area contributed by atoms with Gasteiger partial charge >= 0.3 is 6.09 Å². The molecule has 0 radical (unpaired) electrons. The molecule has 2 amide bonds. The van der Waals surface area contributed by atoms with E-state index in [2.05, 4.69) is 4.90 Å². The predicted octanol–water partition coefficient (Wildman–Crippen LogP) is 4.35. The summed E-state index contributed by atoms with van der Waals surface area (Å²) in [6.07, 6.45) is 3.41. The zero-order valence-electron chi connectivity index (χ0n) is 18.6. The smallest absolute Gasteiger partial charge is 0.411 e. The first-order chi connectivity index (χ1) is 15.2. The maximum atomic E-state index is 13.6. The highest BCUT2D eigenvalue weighted by molar-refractivity contribution is 6.01. The van der Waals surface area contributed by atoms with Crippen molar-refractivity contribution in [3.63, 3.8) is 0 Å². The highest BCUT2D eigenvalue weighted by Gasteiger charge is 2.41. The summed E-state index contributed by atoms with van der Waals surface area (Å²) in [5.41, 5.74) is 0.941. The molecule has 2 atom stereocenters. The van der Waals surface area contributed by atoms with Crippen LogP contribution in [0.4, 0.5) is 14.9 Å². The Morgan fingerprint density at radius 2 is 1.72 bits per heavy atom. The van der Waals surface area contributed by atoms with E-state index in [9.17, 15) is 14.0 Å². The Kier molecular flexibility index (Phi) is 6.02. The van der Waals surface area contributed by atoms with Gasteiger partial charge in [-0.3, -0.25) is 19.5 Å². The van der Waals surface area contributed by atoms with E-state index < -0.39 is 11.5 Å². The van der Waals surface area contributed by atoms with Crippen molar-refractivity contribution in [2.45, 2.75) is 38.3 Å². The van der Waals surface area contributed by atoms with Crippen molar-refractivity contribution in [1.82, 2.24) is 9.80 Å². The summed E-state index contributed by atoms with van der Waals surface area (Å²) >= 11 is 0. The number of rotatable bonds is 3. The van der Waals surface area contributed by atoms with Gasteiger partial charge in [-0.25, -0.2) is 9.18 Å². The summed E-state index contributed by atoms with van der Waals surface area (Å²) in [5, 5.41) is 0. The fraction of sp³-hybridized carbons (Fsp3) is 0.360. The minimum Gasteiger partial charge on any atom is -0.444 e. The van der Waals surface area contributed by atoms with Gasteiger partial charge in [-0.15, -0.1) is 0 Å². The van der Waals surface area contributed by atoms with E-state index in [0.29, 0.717) is 19.8 Å². The lowest BCUT2D eigenvalue weighted by Gasteiger charge is -2.38. The van der Waals surface area contributed by atoms with Gasteiger partial charge in [0.15, 0.2) is 0 Å². The van der Waals surface area contributed by atoms with Gasteiger partial charge in [-0.05, 0) is 56.7 Å². The summed E-state index contributed by atoms with van der Waals surface area (Å²) in [7, 11) is 0. The van der Waals surface area contributed by atoms with E-state index in [-0.39, 0.29) is 23.9 Å². The third-order valence-corrected chi connectivity index (χ3v) is 5.62. The second-order valence-electron chi connectivity index (χ2n) is 9.10. The Balaban J connectivity index is 1.62. The van der Waals surface area contributed by atoms with E-state index in [4.69, 9.17) is 4.74 Å². The third kappa shape index (κ3) is 4.67. The van der Waals surface area contributed by atoms with Gasteiger partial charge in [0.1, 0.15) is 11.4 Å². The van der Waals surface area contributed by atoms with E-state index in [1.165, 1.54) is 12.1 Å². The second-order valence-corrected chi connectivity index (χ2v) is 9.10. The number of para-hydroxylation sites is 1. The van der Waals surface area contributed by atoms with Crippen LogP contribution in [0.15, 0.2) is 66.9 Å². The molecule has 1 saturated heterocycles. The Morgan fingerprint density at radius 1 is 1.03 bits per heavy atom.